The van der Waals surface area contributed by atoms with Crippen molar-refractivity contribution in [1.29, 1.82) is 0 Å². The van der Waals surface area contributed by atoms with E-state index in [0.717, 1.165) is 22.6 Å². The van der Waals surface area contributed by atoms with Gasteiger partial charge in [0.2, 0.25) is 5.76 Å². The van der Waals surface area contributed by atoms with E-state index in [1.165, 1.54) is 25.1 Å². The average Bonchev–Trinajstić information content (AvgIpc) is 3.44. The van der Waals surface area contributed by atoms with Gasteiger partial charge in [-0.3, -0.25) is 4.57 Å². The summed E-state index contributed by atoms with van der Waals surface area (Å²) in [6.07, 6.45) is 1.48. The summed E-state index contributed by atoms with van der Waals surface area (Å²) in [4.78, 5) is 11.9. The number of hydrogen-bond acceptors (Lipinski definition) is 7. The number of ether oxygens (including phenoxy) is 2. The van der Waals surface area contributed by atoms with Gasteiger partial charge in [-0.05, 0) is 30.3 Å². The highest BCUT2D eigenvalue weighted by atomic mass is 32.2. The molecule has 152 valence electrons. The highest BCUT2D eigenvalue weighted by Crippen LogP contribution is 2.31. The van der Waals surface area contributed by atoms with E-state index in [4.69, 9.17) is 13.9 Å². The number of carbonyl (C=O) groups excluding carboxylic acids is 1. The van der Waals surface area contributed by atoms with E-state index in [1.54, 1.807) is 13.2 Å². The Morgan fingerprint density at radius 2 is 1.90 bits per heavy atom. The first-order valence-electron chi connectivity index (χ1n) is 9.14. The van der Waals surface area contributed by atoms with Gasteiger partial charge in [-0.15, -0.1) is 10.2 Å². The monoisotopic (exact) mass is 421 g/mol. The summed E-state index contributed by atoms with van der Waals surface area (Å²) in [6.45, 7) is 0. The van der Waals surface area contributed by atoms with Crippen LogP contribution in [-0.4, -0.2) is 35.0 Å². The minimum absolute atomic E-state index is 0.198. The summed E-state index contributed by atoms with van der Waals surface area (Å²) in [5.74, 6) is 1.61. The molecule has 0 spiro atoms. The highest BCUT2D eigenvalue weighted by molar-refractivity contribution is 7.98. The van der Waals surface area contributed by atoms with Crippen LogP contribution in [0.4, 0.5) is 0 Å². The molecular formula is C22H19N3O4S. The van der Waals surface area contributed by atoms with Crippen LogP contribution in [0.3, 0.4) is 0 Å². The van der Waals surface area contributed by atoms with Crippen molar-refractivity contribution in [2.24, 2.45) is 0 Å². The van der Waals surface area contributed by atoms with Crippen LogP contribution in [0.5, 0.6) is 5.75 Å². The number of furan rings is 1. The number of carbonyl (C=O) groups is 1. The van der Waals surface area contributed by atoms with Gasteiger partial charge in [-0.1, -0.05) is 42.1 Å². The third kappa shape index (κ3) is 3.95. The SMILES string of the molecule is COC(=O)c1occc1CSc1nnc(-c2cccc(OC)c2)n1-c1ccccc1. The van der Waals surface area contributed by atoms with Crippen molar-refractivity contribution >= 4 is 17.7 Å². The minimum atomic E-state index is -0.503. The molecule has 0 radical (unpaired) electrons. The van der Waals surface area contributed by atoms with E-state index >= 15 is 0 Å². The van der Waals surface area contributed by atoms with Gasteiger partial charge >= 0.3 is 5.97 Å². The molecule has 0 N–H and O–H groups in total. The van der Waals surface area contributed by atoms with Gasteiger partial charge in [0, 0.05) is 22.6 Å². The van der Waals surface area contributed by atoms with E-state index in [0.29, 0.717) is 16.7 Å². The molecule has 2 heterocycles. The zero-order chi connectivity index (χ0) is 20.9. The quantitative estimate of drug-likeness (QED) is 0.318. The van der Waals surface area contributed by atoms with Gasteiger partial charge in [0.15, 0.2) is 11.0 Å². The van der Waals surface area contributed by atoms with Crippen LogP contribution < -0.4 is 4.74 Å². The summed E-state index contributed by atoms with van der Waals surface area (Å²) in [7, 11) is 2.96. The Morgan fingerprint density at radius 3 is 2.67 bits per heavy atom. The first-order chi connectivity index (χ1) is 14.7. The maximum absolute atomic E-state index is 11.9. The fraction of sp³-hybridized carbons (Fsp3) is 0.136. The Bertz CT molecular complexity index is 1150. The van der Waals surface area contributed by atoms with Crippen molar-refractivity contribution in [2.45, 2.75) is 10.9 Å². The lowest BCUT2D eigenvalue weighted by atomic mass is 10.2. The van der Waals surface area contributed by atoms with Gasteiger partial charge < -0.3 is 13.9 Å². The third-order valence-electron chi connectivity index (χ3n) is 4.45. The number of methoxy groups -OCH3 is 2. The summed E-state index contributed by atoms with van der Waals surface area (Å²) in [6, 6.07) is 19.3. The van der Waals surface area contributed by atoms with E-state index in [1.807, 2.05) is 59.2 Å². The van der Waals surface area contributed by atoms with Gasteiger partial charge in [0.1, 0.15) is 5.75 Å². The summed E-state index contributed by atoms with van der Waals surface area (Å²) >= 11 is 1.46. The van der Waals surface area contributed by atoms with Crippen molar-refractivity contribution < 1.29 is 18.7 Å². The van der Waals surface area contributed by atoms with Crippen LogP contribution in [0.15, 0.2) is 76.5 Å². The fourth-order valence-corrected chi connectivity index (χ4v) is 3.92. The number of aromatic nitrogens is 3. The topological polar surface area (TPSA) is 79.4 Å². The smallest absolute Gasteiger partial charge is 0.374 e. The van der Waals surface area contributed by atoms with Gasteiger partial charge in [-0.25, -0.2) is 4.79 Å². The molecule has 0 atom stereocenters. The van der Waals surface area contributed by atoms with E-state index in [-0.39, 0.29) is 5.76 Å². The molecule has 0 saturated carbocycles. The van der Waals surface area contributed by atoms with Crippen LogP contribution in [0.1, 0.15) is 16.1 Å². The molecule has 4 aromatic rings. The Morgan fingerprint density at radius 1 is 1.07 bits per heavy atom. The first-order valence-corrected chi connectivity index (χ1v) is 10.1. The van der Waals surface area contributed by atoms with Crippen molar-refractivity contribution in [3.63, 3.8) is 0 Å². The van der Waals surface area contributed by atoms with E-state index in [2.05, 4.69) is 10.2 Å². The molecule has 0 bridgehead atoms. The molecular weight excluding hydrogens is 402 g/mol. The van der Waals surface area contributed by atoms with Crippen LogP contribution in [0.25, 0.3) is 17.1 Å². The maximum atomic E-state index is 11.9. The molecule has 8 heteroatoms. The standard InChI is InChI=1S/C22H19N3O4S/c1-27-18-10-6-7-15(13-18)20-23-24-22(25(20)17-8-4-3-5-9-17)30-14-16-11-12-29-19(16)21(26)28-2/h3-13H,14H2,1-2H3. The number of para-hydroxylation sites is 1. The zero-order valence-electron chi connectivity index (χ0n) is 16.4. The minimum Gasteiger partial charge on any atom is -0.497 e. The normalized spacial score (nSPS) is 10.7. The molecule has 2 aromatic carbocycles. The number of hydrogen-bond donors (Lipinski definition) is 0. The van der Waals surface area contributed by atoms with Gasteiger partial charge in [0.25, 0.3) is 0 Å². The van der Waals surface area contributed by atoms with Crippen LogP contribution in [-0.2, 0) is 10.5 Å². The highest BCUT2D eigenvalue weighted by Gasteiger charge is 2.20. The number of benzene rings is 2. The first kappa shape index (κ1) is 19.8. The van der Waals surface area contributed by atoms with Crippen molar-refractivity contribution in [1.82, 2.24) is 14.8 Å². The Kier molecular flexibility index (Phi) is 5.85. The second-order valence-electron chi connectivity index (χ2n) is 6.26. The Hall–Kier alpha value is -3.52. The van der Waals surface area contributed by atoms with Crippen LogP contribution >= 0.6 is 11.8 Å². The predicted octanol–water partition coefficient (Wildman–Crippen LogP) is 4.61. The van der Waals surface area contributed by atoms with Crippen molar-refractivity contribution in [3.8, 4) is 22.8 Å². The Balaban J connectivity index is 1.71. The largest absolute Gasteiger partial charge is 0.497 e. The predicted molar refractivity (Wildman–Crippen MR) is 113 cm³/mol. The second kappa shape index (κ2) is 8.87. The third-order valence-corrected chi connectivity index (χ3v) is 5.43. The maximum Gasteiger partial charge on any atom is 0.374 e. The average molecular weight is 421 g/mol. The molecule has 7 nitrogen and oxygen atoms in total. The van der Waals surface area contributed by atoms with Crippen molar-refractivity contribution in [2.75, 3.05) is 14.2 Å². The summed E-state index contributed by atoms with van der Waals surface area (Å²) in [5.41, 5.74) is 2.55. The molecule has 0 fully saturated rings. The summed E-state index contributed by atoms with van der Waals surface area (Å²) in [5, 5.41) is 9.53. The molecule has 0 saturated heterocycles. The lowest BCUT2D eigenvalue weighted by Gasteiger charge is -2.11. The Labute approximate surface area is 177 Å². The van der Waals surface area contributed by atoms with Crippen molar-refractivity contribution in [3.05, 3.63) is 78.3 Å². The van der Waals surface area contributed by atoms with Crippen LogP contribution in [0.2, 0.25) is 0 Å². The van der Waals surface area contributed by atoms with E-state index in [9.17, 15) is 4.79 Å². The fourth-order valence-electron chi connectivity index (χ4n) is 2.99. The van der Waals surface area contributed by atoms with Gasteiger partial charge in [0.05, 0.1) is 20.5 Å². The zero-order valence-corrected chi connectivity index (χ0v) is 17.3. The molecule has 0 amide bonds. The number of nitrogens with zero attached hydrogens (tertiary/aromatic N) is 3. The van der Waals surface area contributed by atoms with Crippen LogP contribution in [0, 0.1) is 0 Å². The summed E-state index contributed by atoms with van der Waals surface area (Å²) < 4.78 is 17.4. The second-order valence-corrected chi connectivity index (χ2v) is 7.21. The molecule has 30 heavy (non-hydrogen) atoms. The molecule has 0 aliphatic heterocycles. The molecule has 2 aromatic heterocycles. The molecule has 0 unspecified atom stereocenters. The van der Waals surface area contributed by atoms with Gasteiger partial charge in [-0.2, -0.15) is 0 Å². The molecule has 0 aliphatic carbocycles. The number of esters is 1. The lowest BCUT2D eigenvalue weighted by molar-refractivity contribution is 0.0564. The van der Waals surface area contributed by atoms with E-state index < -0.39 is 5.97 Å². The number of thioether (sulfide) groups is 1. The number of rotatable bonds is 7. The molecule has 0 aliphatic rings. The molecule has 4 rings (SSSR count). The lowest BCUT2D eigenvalue weighted by Crippen LogP contribution is -2.03.